The Bertz CT molecular complexity index is 355. The summed E-state index contributed by atoms with van der Waals surface area (Å²) in [7, 11) is 0. The van der Waals surface area contributed by atoms with Gasteiger partial charge in [0.05, 0.1) is 17.2 Å². The topological polar surface area (TPSA) is 33.0 Å². The number of ether oxygens (including phenoxy) is 1. The quantitative estimate of drug-likeness (QED) is 0.764. The molecule has 0 unspecified atom stereocenters. The van der Waals surface area contributed by atoms with Gasteiger partial charge in [0.2, 0.25) is 0 Å². The molecule has 0 amide bonds. The second-order valence-electron chi connectivity index (χ2n) is 3.25. The molecule has 0 aliphatic carbocycles. The molecule has 0 bridgehead atoms. The molecule has 0 atom stereocenters. The predicted molar refractivity (Wildman–Crippen MR) is 56.3 cm³/mol. The number of rotatable bonds is 3. The van der Waals surface area contributed by atoms with Gasteiger partial charge in [0.15, 0.2) is 0 Å². The third-order valence-electron chi connectivity index (χ3n) is 1.59. The van der Waals surface area contributed by atoms with Crippen LogP contribution in [0.3, 0.4) is 0 Å². The summed E-state index contributed by atoms with van der Waals surface area (Å²) in [6, 6.07) is 7.05. The van der Waals surface area contributed by atoms with Crippen molar-refractivity contribution in [2.45, 2.75) is 13.8 Å². The van der Waals surface area contributed by atoms with E-state index in [0.717, 1.165) is 0 Å². The standard InChI is InChI=1S/C11H11ClNO/c1-8(2)7-14-10-4-3-9(6-13)11(12)5-10/h3-5H,7H2,1-2H3. The van der Waals surface area contributed by atoms with Gasteiger partial charge in [-0.3, -0.25) is 0 Å². The van der Waals surface area contributed by atoms with Gasteiger partial charge in [-0.05, 0) is 12.1 Å². The predicted octanol–water partition coefficient (Wildman–Crippen LogP) is 3.20. The molecule has 0 aliphatic heterocycles. The summed E-state index contributed by atoms with van der Waals surface area (Å²) in [5.41, 5.74) is 0.469. The van der Waals surface area contributed by atoms with Gasteiger partial charge in [-0.25, -0.2) is 0 Å². The number of hydrogen-bond acceptors (Lipinski definition) is 2. The Kier molecular flexibility index (Phi) is 3.79. The highest BCUT2D eigenvalue weighted by atomic mass is 35.5. The molecule has 0 spiro atoms. The van der Waals surface area contributed by atoms with E-state index in [-0.39, 0.29) is 0 Å². The van der Waals surface area contributed by atoms with Crippen molar-refractivity contribution >= 4 is 11.6 Å². The Hall–Kier alpha value is -1.20. The second kappa shape index (κ2) is 4.88. The maximum absolute atomic E-state index is 8.65. The SMILES string of the molecule is C[C](C)COc1ccc(C#N)c(Cl)c1. The van der Waals surface area contributed by atoms with E-state index in [1.165, 1.54) is 5.92 Å². The van der Waals surface area contributed by atoms with Crippen molar-refractivity contribution in [3.63, 3.8) is 0 Å². The van der Waals surface area contributed by atoms with Crippen molar-refractivity contribution in [2.24, 2.45) is 0 Å². The molecule has 14 heavy (non-hydrogen) atoms. The normalized spacial score (nSPS) is 9.93. The monoisotopic (exact) mass is 208 g/mol. The van der Waals surface area contributed by atoms with Crippen molar-refractivity contribution < 1.29 is 4.74 Å². The lowest BCUT2D eigenvalue weighted by molar-refractivity contribution is 0.332. The van der Waals surface area contributed by atoms with Gasteiger partial charge >= 0.3 is 0 Å². The first-order valence-electron chi connectivity index (χ1n) is 4.25. The molecule has 3 heteroatoms. The number of nitriles is 1. The van der Waals surface area contributed by atoms with Crippen LogP contribution in [0.1, 0.15) is 19.4 Å². The smallest absolute Gasteiger partial charge is 0.120 e. The van der Waals surface area contributed by atoms with Gasteiger partial charge in [0.25, 0.3) is 0 Å². The molecule has 2 nitrogen and oxygen atoms in total. The Morgan fingerprint density at radius 3 is 2.71 bits per heavy atom. The van der Waals surface area contributed by atoms with Crippen LogP contribution in [0, 0.1) is 17.2 Å². The molecule has 1 aromatic carbocycles. The highest BCUT2D eigenvalue weighted by Gasteiger charge is 2.02. The Morgan fingerprint density at radius 2 is 2.21 bits per heavy atom. The van der Waals surface area contributed by atoms with Gasteiger partial charge in [-0.2, -0.15) is 5.26 Å². The first kappa shape index (κ1) is 10.9. The van der Waals surface area contributed by atoms with E-state index in [2.05, 4.69) is 0 Å². The molecule has 1 aromatic rings. The van der Waals surface area contributed by atoms with E-state index in [0.29, 0.717) is 22.9 Å². The summed E-state index contributed by atoms with van der Waals surface area (Å²) >= 11 is 5.84. The molecule has 1 rings (SSSR count). The van der Waals surface area contributed by atoms with Gasteiger partial charge in [-0.15, -0.1) is 0 Å². The van der Waals surface area contributed by atoms with E-state index in [1.807, 2.05) is 19.9 Å². The van der Waals surface area contributed by atoms with Crippen LogP contribution in [0.4, 0.5) is 0 Å². The third-order valence-corrected chi connectivity index (χ3v) is 1.90. The zero-order valence-corrected chi connectivity index (χ0v) is 8.93. The minimum atomic E-state index is 0.429. The van der Waals surface area contributed by atoms with Gasteiger partial charge in [0.1, 0.15) is 11.8 Å². The molecule has 0 heterocycles. The maximum atomic E-state index is 8.65. The van der Waals surface area contributed by atoms with Crippen LogP contribution >= 0.6 is 11.6 Å². The molecule has 0 saturated heterocycles. The molecule has 1 radical (unpaired) electrons. The third kappa shape index (κ3) is 2.93. The van der Waals surface area contributed by atoms with E-state index >= 15 is 0 Å². The fourth-order valence-corrected chi connectivity index (χ4v) is 1.12. The Balaban J connectivity index is 2.73. The molecule has 0 aliphatic rings. The summed E-state index contributed by atoms with van der Waals surface area (Å²) < 4.78 is 5.42. The van der Waals surface area contributed by atoms with Crippen LogP contribution < -0.4 is 4.74 Å². The van der Waals surface area contributed by atoms with Crippen molar-refractivity contribution in [3.05, 3.63) is 34.7 Å². The lowest BCUT2D eigenvalue weighted by atomic mass is 10.2. The van der Waals surface area contributed by atoms with E-state index in [4.69, 9.17) is 21.6 Å². The minimum Gasteiger partial charge on any atom is -0.493 e. The van der Waals surface area contributed by atoms with Crippen LogP contribution in [0.2, 0.25) is 5.02 Å². The zero-order valence-electron chi connectivity index (χ0n) is 8.17. The average molecular weight is 209 g/mol. The molecular formula is C11H11ClNO. The fraction of sp³-hybridized carbons (Fsp3) is 0.273. The van der Waals surface area contributed by atoms with Gasteiger partial charge < -0.3 is 4.74 Å². The van der Waals surface area contributed by atoms with Crippen LogP contribution in [0.5, 0.6) is 5.75 Å². The van der Waals surface area contributed by atoms with Crippen molar-refractivity contribution in [3.8, 4) is 11.8 Å². The summed E-state index contributed by atoms with van der Waals surface area (Å²) in [4.78, 5) is 0. The average Bonchev–Trinajstić information content (AvgIpc) is 2.15. The molecule has 0 saturated carbocycles. The van der Waals surface area contributed by atoms with E-state index in [1.54, 1.807) is 18.2 Å². The van der Waals surface area contributed by atoms with Crippen LogP contribution in [0.15, 0.2) is 18.2 Å². The van der Waals surface area contributed by atoms with Crippen LogP contribution in [-0.4, -0.2) is 6.61 Å². The van der Waals surface area contributed by atoms with E-state index < -0.39 is 0 Å². The van der Waals surface area contributed by atoms with Crippen LogP contribution in [-0.2, 0) is 0 Å². The highest BCUT2D eigenvalue weighted by molar-refractivity contribution is 6.31. The van der Waals surface area contributed by atoms with E-state index in [9.17, 15) is 0 Å². The zero-order chi connectivity index (χ0) is 10.6. The number of benzene rings is 1. The molecule has 0 N–H and O–H groups in total. The highest BCUT2D eigenvalue weighted by Crippen LogP contribution is 2.22. The summed E-state index contributed by atoms with van der Waals surface area (Å²) in [5, 5.41) is 9.08. The first-order chi connectivity index (χ1) is 6.63. The molecule has 73 valence electrons. The fourth-order valence-electron chi connectivity index (χ4n) is 0.904. The van der Waals surface area contributed by atoms with Crippen LogP contribution in [0.25, 0.3) is 0 Å². The van der Waals surface area contributed by atoms with Crippen molar-refractivity contribution in [1.29, 1.82) is 5.26 Å². The lowest BCUT2D eigenvalue weighted by Gasteiger charge is -2.08. The second-order valence-corrected chi connectivity index (χ2v) is 3.66. The lowest BCUT2D eigenvalue weighted by Crippen LogP contribution is -2.02. The van der Waals surface area contributed by atoms with Crippen molar-refractivity contribution in [1.82, 2.24) is 0 Å². The largest absolute Gasteiger partial charge is 0.493 e. The minimum absolute atomic E-state index is 0.429. The van der Waals surface area contributed by atoms with Gasteiger partial charge in [-0.1, -0.05) is 25.4 Å². The number of nitrogens with zero attached hydrogens (tertiary/aromatic N) is 1. The summed E-state index contributed by atoms with van der Waals surface area (Å²) in [5.74, 6) is 1.88. The van der Waals surface area contributed by atoms with Gasteiger partial charge in [0, 0.05) is 12.0 Å². The molecule has 0 aromatic heterocycles. The number of hydrogen-bond donors (Lipinski definition) is 0. The maximum Gasteiger partial charge on any atom is 0.120 e. The molecule has 0 fully saturated rings. The summed E-state index contributed by atoms with van der Waals surface area (Å²) in [6.07, 6.45) is 0. The number of halogens is 1. The first-order valence-corrected chi connectivity index (χ1v) is 4.62. The Labute approximate surface area is 89.1 Å². The molecular weight excluding hydrogens is 198 g/mol. The Morgan fingerprint density at radius 1 is 1.50 bits per heavy atom. The summed E-state index contributed by atoms with van der Waals surface area (Å²) in [6.45, 7) is 4.55. The van der Waals surface area contributed by atoms with Crippen molar-refractivity contribution in [2.75, 3.05) is 6.61 Å².